The van der Waals surface area contributed by atoms with E-state index in [4.69, 9.17) is 4.98 Å². The van der Waals surface area contributed by atoms with Gasteiger partial charge in [-0.15, -0.1) is 0 Å². The maximum Gasteiger partial charge on any atom is 0.142 e. The molecule has 0 amide bonds. The maximum absolute atomic E-state index is 4.71. The fraction of sp³-hybridized carbons (Fsp3) is 0.312. The lowest BCUT2D eigenvalue weighted by Crippen LogP contribution is -2.24. The van der Waals surface area contributed by atoms with E-state index in [9.17, 15) is 0 Å². The highest BCUT2D eigenvalue weighted by Crippen LogP contribution is 2.36. The number of aryl methyl sites for hydroxylation is 1. The number of hydrogen-bond donors (Lipinski definition) is 1. The van der Waals surface area contributed by atoms with E-state index in [1.807, 2.05) is 25.3 Å². The van der Waals surface area contributed by atoms with E-state index in [1.165, 1.54) is 0 Å². The summed E-state index contributed by atoms with van der Waals surface area (Å²) in [4.78, 5) is 19.0. The van der Waals surface area contributed by atoms with Gasteiger partial charge in [0.15, 0.2) is 0 Å². The second-order valence-electron chi connectivity index (χ2n) is 5.49. The molecule has 5 heteroatoms. The summed E-state index contributed by atoms with van der Waals surface area (Å²) in [7, 11) is 0. The van der Waals surface area contributed by atoms with Gasteiger partial charge >= 0.3 is 0 Å². The lowest BCUT2D eigenvalue weighted by atomic mass is 10.1. The topological polar surface area (TPSA) is 57.7 Å². The van der Waals surface area contributed by atoms with Crippen molar-refractivity contribution < 1.29 is 0 Å². The summed E-state index contributed by atoms with van der Waals surface area (Å²) in [6.07, 6.45) is 5.83. The number of nitrogens with zero attached hydrogens (tertiary/aromatic N) is 4. The Morgan fingerprint density at radius 1 is 1.24 bits per heavy atom. The van der Waals surface area contributed by atoms with Crippen molar-refractivity contribution in [2.75, 3.05) is 11.4 Å². The first kappa shape index (κ1) is 12.3. The summed E-state index contributed by atoms with van der Waals surface area (Å²) in [6, 6.07) is 8.59. The summed E-state index contributed by atoms with van der Waals surface area (Å²) in [5.41, 5.74) is 3.09. The molecule has 1 unspecified atom stereocenters. The molecule has 4 heterocycles. The van der Waals surface area contributed by atoms with Crippen molar-refractivity contribution in [1.29, 1.82) is 0 Å². The Bertz CT molecular complexity index is 779. The average molecular weight is 279 g/mol. The molecule has 106 valence electrons. The Morgan fingerprint density at radius 3 is 3.10 bits per heavy atom. The highest BCUT2D eigenvalue weighted by atomic mass is 15.2. The van der Waals surface area contributed by atoms with E-state index in [2.05, 4.69) is 32.0 Å². The van der Waals surface area contributed by atoms with E-state index in [-0.39, 0.29) is 0 Å². The number of fused-ring (bicyclic) bond motifs is 1. The highest BCUT2D eigenvalue weighted by Gasteiger charge is 2.29. The van der Waals surface area contributed by atoms with E-state index in [1.54, 1.807) is 6.33 Å². The van der Waals surface area contributed by atoms with Gasteiger partial charge in [-0.2, -0.15) is 0 Å². The largest absolute Gasteiger partial charge is 0.347 e. The minimum Gasteiger partial charge on any atom is -0.347 e. The summed E-state index contributed by atoms with van der Waals surface area (Å²) >= 11 is 0. The van der Waals surface area contributed by atoms with Crippen LogP contribution in [0.25, 0.3) is 11.0 Å². The van der Waals surface area contributed by atoms with Crippen molar-refractivity contribution in [2.45, 2.75) is 25.8 Å². The molecule has 0 bridgehead atoms. The molecule has 0 aromatic carbocycles. The normalized spacial score (nSPS) is 18.5. The quantitative estimate of drug-likeness (QED) is 0.783. The Kier molecular flexibility index (Phi) is 2.84. The van der Waals surface area contributed by atoms with E-state index < -0.39 is 0 Å². The van der Waals surface area contributed by atoms with Crippen LogP contribution >= 0.6 is 0 Å². The molecule has 1 aliphatic rings. The van der Waals surface area contributed by atoms with Crippen LogP contribution in [0.15, 0.2) is 36.8 Å². The van der Waals surface area contributed by atoms with Crippen LogP contribution in [0.2, 0.25) is 0 Å². The van der Waals surface area contributed by atoms with Gasteiger partial charge in [0.2, 0.25) is 0 Å². The molecule has 1 atom stereocenters. The number of hydrogen-bond acceptors (Lipinski definition) is 4. The van der Waals surface area contributed by atoms with Crippen LogP contribution in [-0.4, -0.2) is 26.5 Å². The van der Waals surface area contributed by atoms with E-state index in [0.717, 1.165) is 47.6 Å². The predicted molar refractivity (Wildman–Crippen MR) is 82.2 cm³/mol. The predicted octanol–water partition coefficient (Wildman–Crippen LogP) is 3.00. The maximum atomic E-state index is 4.71. The zero-order valence-corrected chi connectivity index (χ0v) is 12.0. The standard InChI is InChI=1S/C16H17N5/c1-11-4-2-5-13(20-11)14-6-3-9-21(14)16-12-7-8-17-15(12)18-10-19-16/h2,4-5,7-8,10,14H,3,6,9H2,1H3,(H,17,18,19). The van der Waals surface area contributed by atoms with Crippen LogP contribution in [0.4, 0.5) is 5.82 Å². The molecule has 1 aliphatic heterocycles. The Hall–Kier alpha value is -2.43. The summed E-state index contributed by atoms with van der Waals surface area (Å²) in [6.45, 7) is 3.05. The summed E-state index contributed by atoms with van der Waals surface area (Å²) in [5, 5.41) is 1.08. The molecule has 4 rings (SSSR count). The van der Waals surface area contributed by atoms with Crippen LogP contribution < -0.4 is 4.90 Å². The monoisotopic (exact) mass is 279 g/mol. The molecular weight excluding hydrogens is 262 g/mol. The van der Waals surface area contributed by atoms with Crippen LogP contribution in [0.3, 0.4) is 0 Å². The van der Waals surface area contributed by atoms with Crippen LogP contribution in [0, 0.1) is 6.92 Å². The van der Waals surface area contributed by atoms with Crippen molar-refractivity contribution in [2.24, 2.45) is 0 Å². The zero-order valence-electron chi connectivity index (χ0n) is 12.0. The van der Waals surface area contributed by atoms with Gasteiger partial charge in [-0.3, -0.25) is 4.98 Å². The number of aromatic amines is 1. The van der Waals surface area contributed by atoms with Crippen molar-refractivity contribution in [1.82, 2.24) is 19.9 Å². The molecule has 1 fully saturated rings. The van der Waals surface area contributed by atoms with Crippen LogP contribution in [0.1, 0.15) is 30.3 Å². The molecule has 0 aliphatic carbocycles. The van der Waals surface area contributed by atoms with Crippen molar-refractivity contribution >= 4 is 16.9 Å². The first-order valence-corrected chi connectivity index (χ1v) is 7.31. The molecule has 1 N–H and O–H groups in total. The third-order valence-corrected chi connectivity index (χ3v) is 4.11. The SMILES string of the molecule is Cc1cccc(C2CCCN2c2ncnc3[nH]ccc23)n1. The van der Waals surface area contributed by atoms with Gasteiger partial charge in [0.1, 0.15) is 17.8 Å². The number of nitrogens with one attached hydrogen (secondary N) is 1. The van der Waals surface area contributed by atoms with E-state index in [0.29, 0.717) is 6.04 Å². The Labute approximate surface area is 123 Å². The smallest absolute Gasteiger partial charge is 0.142 e. The number of anilines is 1. The van der Waals surface area contributed by atoms with Gasteiger partial charge in [0, 0.05) is 18.4 Å². The molecule has 5 nitrogen and oxygen atoms in total. The molecule has 0 saturated carbocycles. The zero-order chi connectivity index (χ0) is 14.2. The van der Waals surface area contributed by atoms with Gasteiger partial charge in [-0.1, -0.05) is 6.07 Å². The number of rotatable bonds is 2. The Balaban J connectivity index is 1.78. The van der Waals surface area contributed by atoms with Gasteiger partial charge in [0.05, 0.1) is 17.1 Å². The van der Waals surface area contributed by atoms with Gasteiger partial charge < -0.3 is 9.88 Å². The molecule has 0 spiro atoms. The van der Waals surface area contributed by atoms with Crippen LogP contribution in [0.5, 0.6) is 0 Å². The average Bonchev–Trinajstić information content (AvgIpc) is 3.16. The lowest BCUT2D eigenvalue weighted by Gasteiger charge is -2.25. The number of H-pyrrole nitrogens is 1. The van der Waals surface area contributed by atoms with Gasteiger partial charge in [-0.05, 0) is 38.0 Å². The second kappa shape index (κ2) is 4.84. The Morgan fingerprint density at radius 2 is 2.19 bits per heavy atom. The molecular formula is C16H17N5. The van der Waals surface area contributed by atoms with E-state index >= 15 is 0 Å². The minimum absolute atomic E-state index is 0.304. The van der Waals surface area contributed by atoms with Crippen molar-refractivity contribution in [3.8, 4) is 0 Å². The molecule has 3 aromatic rings. The van der Waals surface area contributed by atoms with Gasteiger partial charge in [-0.25, -0.2) is 9.97 Å². The number of pyridine rings is 1. The van der Waals surface area contributed by atoms with Gasteiger partial charge in [0.25, 0.3) is 0 Å². The fourth-order valence-electron chi connectivity index (χ4n) is 3.17. The molecule has 3 aromatic heterocycles. The van der Waals surface area contributed by atoms with Crippen LogP contribution in [-0.2, 0) is 0 Å². The van der Waals surface area contributed by atoms with Crippen molar-refractivity contribution in [3.05, 3.63) is 48.2 Å². The highest BCUT2D eigenvalue weighted by molar-refractivity contribution is 5.87. The second-order valence-corrected chi connectivity index (χ2v) is 5.49. The lowest BCUT2D eigenvalue weighted by molar-refractivity contribution is 0.686. The third-order valence-electron chi connectivity index (χ3n) is 4.11. The van der Waals surface area contributed by atoms with Crippen molar-refractivity contribution in [3.63, 3.8) is 0 Å². The minimum atomic E-state index is 0.304. The fourth-order valence-corrected chi connectivity index (χ4v) is 3.17. The molecule has 0 radical (unpaired) electrons. The summed E-state index contributed by atoms with van der Waals surface area (Å²) < 4.78 is 0. The molecule has 21 heavy (non-hydrogen) atoms. The number of aromatic nitrogens is 4. The molecule has 1 saturated heterocycles. The first-order valence-electron chi connectivity index (χ1n) is 7.31. The first-order chi connectivity index (χ1) is 10.3. The summed E-state index contributed by atoms with van der Waals surface area (Å²) in [5.74, 6) is 1.01. The third kappa shape index (κ3) is 2.05.